The second-order valence-electron chi connectivity index (χ2n) is 15.4. The lowest BCUT2D eigenvalue weighted by molar-refractivity contribution is -0.142. The van der Waals surface area contributed by atoms with Crippen LogP contribution in [0.4, 0.5) is 0 Å². The van der Waals surface area contributed by atoms with E-state index in [0.717, 1.165) is 12.8 Å². The van der Waals surface area contributed by atoms with Crippen LogP contribution in [0, 0.1) is 18.3 Å². The Balaban J connectivity index is 1.35. The maximum atomic E-state index is 14.6. The number of nitrogens with zero attached hydrogens (tertiary/aromatic N) is 3. The Morgan fingerprint density at radius 2 is 1.96 bits per heavy atom. The Hall–Kier alpha value is -5.06. The van der Waals surface area contributed by atoms with Gasteiger partial charge in [0.05, 0.1) is 23.4 Å². The van der Waals surface area contributed by atoms with E-state index in [0.29, 0.717) is 47.9 Å². The third kappa shape index (κ3) is 8.98. The normalized spacial score (nSPS) is 25.8. The minimum Gasteiger partial charge on any atom is -0.508 e. The molecular weight excluding hydrogens is 743 g/mol. The maximum absolute atomic E-state index is 14.6. The molecule has 4 aliphatic rings. The van der Waals surface area contributed by atoms with Gasteiger partial charge in [0.15, 0.2) is 0 Å². The van der Waals surface area contributed by atoms with E-state index >= 15 is 0 Å². The zero-order valence-electron chi connectivity index (χ0n) is 32.2. The Morgan fingerprint density at radius 1 is 1.20 bits per heavy atom. The summed E-state index contributed by atoms with van der Waals surface area (Å²) in [6, 6.07) is 2.55. The van der Waals surface area contributed by atoms with Crippen molar-refractivity contribution in [2.75, 3.05) is 13.6 Å². The number of aliphatic imine (C=N–C) groups is 1. The zero-order chi connectivity index (χ0) is 40.4. The van der Waals surface area contributed by atoms with Crippen molar-refractivity contribution in [3.8, 4) is 17.4 Å². The van der Waals surface area contributed by atoms with Crippen LogP contribution in [0.25, 0.3) is 10.9 Å². The third-order valence-corrected chi connectivity index (χ3v) is 12.5. The summed E-state index contributed by atoms with van der Waals surface area (Å²) in [6.07, 6.45) is 8.18. The van der Waals surface area contributed by atoms with Gasteiger partial charge in [-0.15, -0.1) is 0 Å². The Labute approximate surface area is 326 Å². The first-order valence-electron chi connectivity index (χ1n) is 19.2. The summed E-state index contributed by atoms with van der Waals surface area (Å²) < 4.78 is 40.4. The first kappa shape index (κ1) is 40.6. The van der Waals surface area contributed by atoms with Crippen LogP contribution in [-0.2, 0) is 29.2 Å². The highest BCUT2D eigenvalue weighted by atomic mass is 32.2. The van der Waals surface area contributed by atoms with E-state index in [-0.39, 0.29) is 55.7 Å². The number of carbonyl (C=O) groups is 4. The van der Waals surface area contributed by atoms with Crippen LogP contribution in [0.1, 0.15) is 83.6 Å². The second-order valence-corrected chi connectivity index (χ2v) is 17.3. The molecule has 1 aromatic carbocycles. The summed E-state index contributed by atoms with van der Waals surface area (Å²) in [4.78, 5) is 65.7. The molecule has 4 amide bonds. The lowest BCUT2D eigenvalue weighted by Crippen LogP contribution is -2.58. The lowest BCUT2D eigenvalue weighted by atomic mass is 10.0. The highest BCUT2D eigenvalue weighted by Gasteiger charge is 2.62. The van der Waals surface area contributed by atoms with Crippen LogP contribution in [0.5, 0.6) is 17.4 Å². The monoisotopic (exact) mass is 793 g/mol. The molecule has 2 aliphatic heterocycles. The fraction of sp³-hybridized carbons (Fsp3) is 0.564. The molecule has 17 heteroatoms. The van der Waals surface area contributed by atoms with Gasteiger partial charge in [0.1, 0.15) is 40.9 Å². The molecule has 16 nitrogen and oxygen atoms in total. The molecule has 0 spiro atoms. The third-order valence-electron chi connectivity index (χ3n) is 10.7. The van der Waals surface area contributed by atoms with Gasteiger partial charge in [0.25, 0.3) is 11.8 Å². The first-order chi connectivity index (χ1) is 26.6. The summed E-state index contributed by atoms with van der Waals surface area (Å²) in [5.41, 5.74) is -0.873. The smallest absolute Gasteiger partial charge is 0.265 e. The Morgan fingerprint density at radius 3 is 2.68 bits per heavy atom. The van der Waals surface area contributed by atoms with E-state index in [1.54, 1.807) is 19.1 Å². The van der Waals surface area contributed by atoms with Crippen LogP contribution < -0.4 is 24.8 Å². The number of hydrogen-bond acceptors (Lipinski definition) is 12. The standard InChI is InChI=1S/C39H51N7O9S/c1-22(2)54-33-19-32(27-14-15-31(47)23(3)34(27)43-33)55-25-18-30-36(49)44-39(38(51)45-56(52,53)26-12-13-26)20-24(39)10-8-6-5-7-9-11-29(37(50)46(30)21-25)42-35(48)28(40)16-17-41-4/h8,10,14-15,17,19,22,24-26,29-30,40,47H,5-7,9,11-13,16,18,20-21H2,1-4H3,(H,42,48)(H,44,49)(H,45,51). The molecule has 0 radical (unpaired) electrons. The quantitative estimate of drug-likeness (QED) is 0.165. The van der Waals surface area contributed by atoms with E-state index in [4.69, 9.17) is 14.9 Å². The van der Waals surface area contributed by atoms with Crippen molar-refractivity contribution in [1.82, 2.24) is 25.2 Å². The van der Waals surface area contributed by atoms with Crippen molar-refractivity contribution in [2.24, 2.45) is 10.9 Å². The number of carbonyl (C=O) groups excluding carboxylic acids is 4. The van der Waals surface area contributed by atoms with Gasteiger partial charge in [-0.25, -0.2) is 13.4 Å². The van der Waals surface area contributed by atoms with Crippen LogP contribution in [-0.4, -0.2) is 108 Å². The van der Waals surface area contributed by atoms with Crippen molar-refractivity contribution in [2.45, 2.75) is 120 Å². The Bertz CT molecular complexity index is 2070. The van der Waals surface area contributed by atoms with Crippen LogP contribution in [0.15, 0.2) is 35.3 Å². The summed E-state index contributed by atoms with van der Waals surface area (Å²) >= 11 is 0. The van der Waals surface area contributed by atoms with Gasteiger partial charge in [-0.3, -0.25) is 29.3 Å². The molecule has 5 atom stereocenters. The molecular formula is C39H51N7O9S. The summed E-state index contributed by atoms with van der Waals surface area (Å²) in [6.45, 7) is 5.32. The van der Waals surface area contributed by atoms with Crippen molar-refractivity contribution < 1.29 is 42.2 Å². The molecule has 1 saturated heterocycles. The first-order valence-corrected chi connectivity index (χ1v) is 20.8. The highest BCUT2D eigenvalue weighted by Crippen LogP contribution is 2.46. The number of pyridine rings is 1. The summed E-state index contributed by atoms with van der Waals surface area (Å²) in [7, 11) is -2.39. The molecule has 2 aliphatic carbocycles. The van der Waals surface area contributed by atoms with E-state index < -0.39 is 68.5 Å². The van der Waals surface area contributed by atoms with Crippen LogP contribution in [0.2, 0.25) is 0 Å². The predicted octanol–water partition coefficient (Wildman–Crippen LogP) is 2.98. The predicted molar refractivity (Wildman–Crippen MR) is 208 cm³/mol. The molecule has 56 heavy (non-hydrogen) atoms. The number of sulfonamides is 1. The average molecular weight is 794 g/mol. The fourth-order valence-corrected chi connectivity index (χ4v) is 8.68. The molecule has 2 saturated carbocycles. The van der Waals surface area contributed by atoms with Gasteiger partial charge >= 0.3 is 0 Å². The second kappa shape index (κ2) is 16.6. The van der Waals surface area contributed by atoms with Gasteiger partial charge in [0.2, 0.25) is 27.7 Å². The summed E-state index contributed by atoms with van der Waals surface area (Å²) in [5.74, 6) is -2.61. The molecule has 302 valence electrons. The molecule has 5 N–H and O–H groups in total. The number of rotatable bonds is 11. The number of amides is 4. The van der Waals surface area contributed by atoms with Crippen molar-refractivity contribution in [3.05, 3.63) is 35.9 Å². The minimum atomic E-state index is -3.92. The van der Waals surface area contributed by atoms with E-state index in [9.17, 15) is 32.7 Å². The number of aromatic nitrogens is 1. The molecule has 2 aromatic rings. The fourth-order valence-electron chi connectivity index (χ4n) is 7.31. The van der Waals surface area contributed by atoms with E-state index in [2.05, 4.69) is 25.3 Å². The number of aryl methyl sites for hydroxylation is 1. The van der Waals surface area contributed by atoms with Crippen molar-refractivity contribution in [3.63, 3.8) is 0 Å². The van der Waals surface area contributed by atoms with Crippen LogP contribution in [0.3, 0.4) is 0 Å². The molecule has 5 unspecified atom stereocenters. The van der Waals surface area contributed by atoms with E-state index in [1.807, 2.05) is 26.0 Å². The number of hydrogen-bond donors (Lipinski definition) is 5. The van der Waals surface area contributed by atoms with Gasteiger partial charge in [0, 0.05) is 49.0 Å². The number of allylic oxidation sites excluding steroid dienone is 1. The van der Waals surface area contributed by atoms with E-state index in [1.165, 1.54) is 24.2 Å². The SMILES string of the molecule is CN=CCC(=N)C(=O)NC1CCCCCC=CC2CC2(C(=O)NS(=O)(=O)C2CC2)NC(=O)C2CC(Oc3cc(OC(C)C)nc4c(C)c(O)ccc34)CN2C1=O. The summed E-state index contributed by atoms with van der Waals surface area (Å²) in [5, 5.41) is 24.2. The highest BCUT2D eigenvalue weighted by molar-refractivity contribution is 7.91. The number of benzene rings is 1. The average Bonchev–Trinajstić information content (AvgIpc) is 4.07. The number of aromatic hydroxyl groups is 1. The van der Waals surface area contributed by atoms with Gasteiger partial charge in [-0.1, -0.05) is 25.0 Å². The number of phenols is 1. The van der Waals surface area contributed by atoms with Gasteiger partial charge in [-0.2, -0.15) is 0 Å². The maximum Gasteiger partial charge on any atom is 0.265 e. The number of phenolic OH excluding ortho intramolecular Hbond substituents is 1. The molecule has 3 fully saturated rings. The topological polar surface area (TPSA) is 230 Å². The lowest BCUT2D eigenvalue weighted by Gasteiger charge is -2.30. The number of fused-ring (bicyclic) bond motifs is 3. The Kier molecular flexibility index (Phi) is 12.0. The largest absolute Gasteiger partial charge is 0.508 e. The molecule has 1 aromatic heterocycles. The molecule has 3 heterocycles. The zero-order valence-corrected chi connectivity index (χ0v) is 33.0. The molecule has 0 bridgehead atoms. The van der Waals surface area contributed by atoms with Crippen LogP contribution >= 0.6 is 0 Å². The number of ether oxygens (including phenoxy) is 2. The molecule has 6 rings (SSSR count). The minimum absolute atomic E-state index is 0.0130. The van der Waals surface area contributed by atoms with Gasteiger partial charge in [-0.05, 0) is 71.4 Å². The van der Waals surface area contributed by atoms with Gasteiger partial charge < -0.3 is 35.1 Å². The van der Waals surface area contributed by atoms with Crippen molar-refractivity contribution >= 4 is 56.5 Å². The van der Waals surface area contributed by atoms with Crippen molar-refractivity contribution in [1.29, 1.82) is 5.41 Å². The number of nitrogens with one attached hydrogen (secondary N) is 4.